The lowest BCUT2D eigenvalue weighted by atomic mass is 10.4. The van der Waals surface area contributed by atoms with Crippen LogP contribution in [0.1, 0.15) is 28.3 Å². The Bertz CT molecular complexity index is 497. The molecular weight excluding hydrogens is 246 g/mol. The quantitative estimate of drug-likeness (QED) is 0.829. The standard InChI is InChI=1S/C12H19N5S/c1-5-17-8-13-15-11(17)6-16(4)7-12-14-9(2)10(3)18-12/h8H,5-7H2,1-4H3. The lowest BCUT2D eigenvalue weighted by Crippen LogP contribution is -2.20. The minimum absolute atomic E-state index is 0.797. The minimum atomic E-state index is 0.797. The van der Waals surface area contributed by atoms with E-state index in [9.17, 15) is 0 Å². The molecule has 0 N–H and O–H groups in total. The molecule has 98 valence electrons. The normalized spacial score (nSPS) is 11.4. The summed E-state index contributed by atoms with van der Waals surface area (Å²) in [5, 5.41) is 9.25. The second-order valence-electron chi connectivity index (χ2n) is 4.45. The van der Waals surface area contributed by atoms with Gasteiger partial charge in [0.05, 0.1) is 18.8 Å². The smallest absolute Gasteiger partial charge is 0.147 e. The lowest BCUT2D eigenvalue weighted by molar-refractivity contribution is 0.304. The van der Waals surface area contributed by atoms with Crippen LogP contribution < -0.4 is 0 Å². The number of rotatable bonds is 5. The molecule has 2 aromatic rings. The number of hydrogen-bond donors (Lipinski definition) is 0. The molecule has 0 amide bonds. The first-order valence-corrected chi connectivity index (χ1v) is 6.90. The van der Waals surface area contributed by atoms with Crippen LogP contribution in [0.25, 0.3) is 0 Å². The van der Waals surface area contributed by atoms with Gasteiger partial charge in [-0.3, -0.25) is 4.90 Å². The van der Waals surface area contributed by atoms with Crippen molar-refractivity contribution < 1.29 is 0 Å². The molecule has 0 aliphatic heterocycles. The Hall–Kier alpha value is -1.27. The molecule has 0 aromatic carbocycles. The summed E-state index contributed by atoms with van der Waals surface area (Å²) < 4.78 is 2.06. The molecule has 0 aliphatic rings. The summed E-state index contributed by atoms with van der Waals surface area (Å²) in [7, 11) is 2.08. The van der Waals surface area contributed by atoms with Gasteiger partial charge < -0.3 is 4.57 Å². The van der Waals surface area contributed by atoms with Crippen LogP contribution in [-0.2, 0) is 19.6 Å². The van der Waals surface area contributed by atoms with Crippen molar-refractivity contribution in [1.82, 2.24) is 24.6 Å². The van der Waals surface area contributed by atoms with E-state index >= 15 is 0 Å². The Morgan fingerprint density at radius 2 is 2.11 bits per heavy atom. The third kappa shape index (κ3) is 2.94. The molecule has 6 heteroatoms. The van der Waals surface area contributed by atoms with Crippen LogP contribution in [0.15, 0.2) is 6.33 Å². The topological polar surface area (TPSA) is 46.8 Å². The Morgan fingerprint density at radius 1 is 1.33 bits per heavy atom. The van der Waals surface area contributed by atoms with E-state index in [1.807, 2.05) is 0 Å². The van der Waals surface area contributed by atoms with Gasteiger partial charge in [0, 0.05) is 11.4 Å². The largest absolute Gasteiger partial charge is 0.317 e. The molecule has 0 aliphatic carbocycles. The van der Waals surface area contributed by atoms with Crippen LogP contribution >= 0.6 is 11.3 Å². The fraction of sp³-hybridized carbons (Fsp3) is 0.583. The van der Waals surface area contributed by atoms with Crippen LogP contribution in [0.4, 0.5) is 0 Å². The van der Waals surface area contributed by atoms with Crippen molar-refractivity contribution in [1.29, 1.82) is 0 Å². The zero-order valence-electron chi connectivity index (χ0n) is 11.3. The van der Waals surface area contributed by atoms with Gasteiger partial charge in [-0.25, -0.2) is 4.98 Å². The predicted octanol–water partition coefficient (Wildman–Crippen LogP) is 2.00. The Labute approximate surface area is 111 Å². The molecule has 2 aromatic heterocycles. The van der Waals surface area contributed by atoms with Gasteiger partial charge in [0.25, 0.3) is 0 Å². The van der Waals surface area contributed by atoms with Gasteiger partial charge in [0.1, 0.15) is 17.2 Å². The summed E-state index contributed by atoms with van der Waals surface area (Å²) in [5.74, 6) is 1.00. The molecule has 0 saturated heterocycles. The highest BCUT2D eigenvalue weighted by atomic mass is 32.1. The average molecular weight is 265 g/mol. The first-order chi connectivity index (χ1) is 8.60. The molecule has 2 heterocycles. The molecule has 0 atom stereocenters. The number of aromatic nitrogens is 4. The fourth-order valence-corrected chi connectivity index (χ4v) is 2.81. The van der Waals surface area contributed by atoms with Crippen molar-refractivity contribution in [2.45, 2.75) is 40.4 Å². The van der Waals surface area contributed by atoms with Gasteiger partial charge in [-0.2, -0.15) is 0 Å². The Kier molecular flexibility index (Phi) is 4.08. The van der Waals surface area contributed by atoms with E-state index < -0.39 is 0 Å². The Morgan fingerprint density at radius 3 is 2.72 bits per heavy atom. The van der Waals surface area contributed by atoms with E-state index in [2.05, 4.69) is 52.5 Å². The zero-order valence-corrected chi connectivity index (χ0v) is 12.2. The molecule has 0 radical (unpaired) electrons. The monoisotopic (exact) mass is 265 g/mol. The number of nitrogens with zero attached hydrogens (tertiary/aromatic N) is 5. The number of thiazole rings is 1. The maximum absolute atomic E-state index is 4.56. The van der Waals surface area contributed by atoms with Crippen LogP contribution in [0.5, 0.6) is 0 Å². The van der Waals surface area contributed by atoms with E-state index in [0.717, 1.165) is 36.2 Å². The molecule has 2 rings (SSSR count). The van der Waals surface area contributed by atoms with Crippen LogP contribution in [0.2, 0.25) is 0 Å². The predicted molar refractivity (Wildman–Crippen MR) is 72.5 cm³/mol. The van der Waals surface area contributed by atoms with Gasteiger partial charge in [-0.05, 0) is 27.8 Å². The molecule has 5 nitrogen and oxygen atoms in total. The highest BCUT2D eigenvalue weighted by Gasteiger charge is 2.10. The zero-order chi connectivity index (χ0) is 13.1. The highest BCUT2D eigenvalue weighted by molar-refractivity contribution is 7.11. The lowest BCUT2D eigenvalue weighted by Gasteiger charge is -2.14. The van der Waals surface area contributed by atoms with E-state index in [1.165, 1.54) is 4.88 Å². The van der Waals surface area contributed by atoms with Crippen molar-refractivity contribution in [2.75, 3.05) is 7.05 Å². The van der Waals surface area contributed by atoms with E-state index in [-0.39, 0.29) is 0 Å². The molecule has 0 bridgehead atoms. The van der Waals surface area contributed by atoms with Crippen molar-refractivity contribution >= 4 is 11.3 Å². The van der Waals surface area contributed by atoms with Crippen LogP contribution in [-0.4, -0.2) is 31.7 Å². The SMILES string of the molecule is CCn1cnnc1CN(C)Cc1nc(C)c(C)s1. The van der Waals surface area contributed by atoms with Crippen LogP contribution in [0, 0.1) is 13.8 Å². The summed E-state index contributed by atoms with van der Waals surface area (Å²) in [6.45, 7) is 8.83. The second-order valence-corrected chi connectivity index (χ2v) is 5.74. The number of hydrogen-bond acceptors (Lipinski definition) is 5. The minimum Gasteiger partial charge on any atom is -0.317 e. The van der Waals surface area contributed by atoms with Gasteiger partial charge in [-0.1, -0.05) is 0 Å². The van der Waals surface area contributed by atoms with E-state index in [1.54, 1.807) is 17.7 Å². The third-order valence-corrected chi connectivity index (χ3v) is 3.98. The van der Waals surface area contributed by atoms with E-state index in [0.29, 0.717) is 0 Å². The maximum Gasteiger partial charge on any atom is 0.147 e. The first-order valence-electron chi connectivity index (χ1n) is 6.08. The number of aryl methyl sites for hydroxylation is 3. The first kappa shape index (κ1) is 13.2. The van der Waals surface area contributed by atoms with E-state index in [4.69, 9.17) is 0 Å². The van der Waals surface area contributed by atoms with Crippen molar-refractivity contribution in [3.8, 4) is 0 Å². The maximum atomic E-state index is 4.56. The summed E-state index contributed by atoms with van der Waals surface area (Å²) in [6.07, 6.45) is 1.78. The third-order valence-electron chi connectivity index (χ3n) is 2.93. The fourth-order valence-electron chi connectivity index (χ4n) is 1.80. The molecule has 0 spiro atoms. The van der Waals surface area contributed by atoms with Gasteiger partial charge in [0.2, 0.25) is 0 Å². The summed E-state index contributed by atoms with van der Waals surface area (Å²) in [4.78, 5) is 8.07. The molecular formula is C12H19N5S. The molecule has 0 unspecified atom stereocenters. The van der Waals surface area contributed by atoms with Crippen LogP contribution in [0.3, 0.4) is 0 Å². The molecule has 0 fully saturated rings. The Balaban J connectivity index is 1.98. The van der Waals surface area contributed by atoms with Gasteiger partial charge in [0.15, 0.2) is 0 Å². The highest BCUT2D eigenvalue weighted by Crippen LogP contribution is 2.18. The summed E-state index contributed by atoms with van der Waals surface area (Å²) >= 11 is 1.77. The van der Waals surface area contributed by atoms with Crippen molar-refractivity contribution in [3.05, 3.63) is 27.7 Å². The average Bonchev–Trinajstić information content (AvgIpc) is 2.86. The van der Waals surface area contributed by atoms with Gasteiger partial charge >= 0.3 is 0 Å². The van der Waals surface area contributed by atoms with Gasteiger partial charge in [-0.15, -0.1) is 21.5 Å². The van der Waals surface area contributed by atoms with Crippen molar-refractivity contribution in [3.63, 3.8) is 0 Å². The molecule has 18 heavy (non-hydrogen) atoms. The van der Waals surface area contributed by atoms with Crippen molar-refractivity contribution in [2.24, 2.45) is 0 Å². The summed E-state index contributed by atoms with van der Waals surface area (Å²) in [6, 6.07) is 0. The second kappa shape index (κ2) is 5.58. The molecule has 0 saturated carbocycles. The summed E-state index contributed by atoms with van der Waals surface area (Å²) in [5.41, 5.74) is 1.14.